The first-order valence-corrected chi connectivity index (χ1v) is 12.0. The maximum Gasteiger partial charge on any atom is 0.253 e. The summed E-state index contributed by atoms with van der Waals surface area (Å²) in [5, 5.41) is 8.37. The zero-order chi connectivity index (χ0) is 20.9. The van der Waals surface area contributed by atoms with Crippen molar-refractivity contribution in [1.29, 1.82) is 0 Å². The van der Waals surface area contributed by atoms with Crippen LogP contribution in [-0.4, -0.2) is 65.0 Å². The van der Waals surface area contributed by atoms with E-state index in [4.69, 9.17) is 26.8 Å². The van der Waals surface area contributed by atoms with Crippen LogP contribution in [0.5, 0.6) is 5.75 Å². The second-order valence-corrected chi connectivity index (χ2v) is 9.47. The van der Waals surface area contributed by atoms with Crippen LogP contribution >= 0.6 is 35.3 Å². The summed E-state index contributed by atoms with van der Waals surface area (Å²) in [5.41, 5.74) is 1.99. The Bertz CT molecular complexity index is 909. The van der Waals surface area contributed by atoms with Crippen molar-refractivity contribution in [2.45, 2.75) is 12.5 Å². The lowest BCUT2D eigenvalue weighted by Crippen LogP contribution is -2.39. The summed E-state index contributed by atoms with van der Waals surface area (Å²) >= 11 is 8.57. The number of thiophene rings is 1. The van der Waals surface area contributed by atoms with Crippen LogP contribution in [0, 0.1) is 0 Å². The lowest BCUT2D eigenvalue weighted by atomic mass is 10.0. The number of ether oxygens (including phenoxy) is 2. The van der Waals surface area contributed by atoms with E-state index < -0.39 is 0 Å². The third-order valence-corrected chi connectivity index (χ3v) is 7.49. The van der Waals surface area contributed by atoms with Crippen LogP contribution in [0.4, 0.5) is 0 Å². The number of hydrogen-bond acceptors (Lipinski definition) is 7. The van der Waals surface area contributed by atoms with Gasteiger partial charge in [-0.05, 0) is 29.1 Å². The smallest absolute Gasteiger partial charge is 0.253 e. The minimum atomic E-state index is -0.127. The van der Waals surface area contributed by atoms with Gasteiger partial charge in [0, 0.05) is 19.5 Å². The highest BCUT2D eigenvalue weighted by atomic mass is 32.2. The van der Waals surface area contributed by atoms with Gasteiger partial charge in [-0.1, -0.05) is 42.2 Å². The summed E-state index contributed by atoms with van der Waals surface area (Å²) in [6.07, 6.45) is 0.692. The van der Waals surface area contributed by atoms with Gasteiger partial charge in [-0.3, -0.25) is 4.79 Å². The number of carbonyl (C=O) groups is 1. The fourth-order valence-corrected chi connectivity index (χ4v) is 5.27. The molecule has 0 N–H and O–H groups in total. The zero-order valence-electron chi connectivity index (χ0n) is 16.7. The zero-order valence-corrected chi connectivity index (χ0v) is 19.1. The number of amides is 1. The standard InChI is InChI=1S/C21H23N3O3S3/c1-26-16-6-4-15(5-7-16)18-13-17(19-3-2-12-29-19)22-24(18)20(25)14-30-21(28)23-8-10-27-11-9-23/h2-7,12,18H,8-11,13-14H2,1H3/t18-/m0/s1. The number of carbonyl (C=O) groups excluding carboxylic acids is 1. The van der Waals surface area contributed by atoms with Gasteiger partial charge in [-0.25, -0.2) is 5.01 Å². The average molecular weight is 462 g/mol. The fourth-order valence-electron chi connectivity index (χ4n) is 3.44. The van der Waals surface area contributed by atoms with Gasteiger partial charge in [-0.2, -0.15) is 5.10 Å². The SMILES string of the molecule is COc1ccc([C@@H]2CC(c3cccs3)=NN2C(=O)CSC(=S)N2CCOCC2)cc1. The van der Waals surface area contributed by atoms with Gasteiger partial charge in [0.2, 0.25) is 0 Å². The number of hydrogen-bond donors (Lipinski definition) is 0. The van der Waals surface area contributed by atoms with Gasteiger partial charge in [0.25, 0.3) is 5.91 Å². The Morgan fingerprint density at radius 1 is 1.30 bits per heavy atom. The predicted molar refractivity (Wildman–Crippen MR) is 126 cm³/mol. The molecule has 6 nitrogen and oxygen atoms in total. The Morgan fingerprint density at radius 3 is 2.73 bits per heavy atom. The molecule has 2 aromatic rings. The lowest BCUT2D eigenvalue weighted by Gasteiger charge is -2.29. The second kappa shape index (κ2) is 9.91. The van der Waals surface area contributed by atoms with Crippen molar-refractivity contribution in [3.05, 3.63) is 52.2 Å². The Hall–Kier alpha value is -1.94. The molecule has 0 aliphatic carbocycles. The van der Waals surface area contributed by atoms with E-state index in [0.717, 1.165) is 39.3 Å². The van der Waals surface area contributed by atoms with Crippen LogP contribution in [-0.2, 0) is 9.53 Å². The van der Waals surface area contributed by atoms with Gasteiger partial charge in [-0.15, -0.1) is 11.3 Å². The summed E-state index contributed by atoms with van der Waals surface area (Å²) in [6.45, 7) is 2.90. The minimum Gasteiger partial charge on any atom is -0.497 e. The summed E-state index contributed by atoms with van der Waals surface area (Å²) in [6, 6.07) is 11.8. The molecule has 3 heterocycles. The molecular weight excluding hydrogens is 438 g/mol. The molecule has 2 aliphatic rings. The number of thiocarbonyl (C=S) groups is 1. The summed E-state index contributed by atoms with van der Waals surface area (Å²) in [4.78, 5) is 16.3. The lowest BCUT2D eigenvalue weighted by molar-refractivity contribution is -0.130. The first-order valence-electron chi connectivity index (χ1n) is 9.72. The number of thioether (sulfide) groups is 1. The van der Waals surface area contributed by atoms with E-state index in [2.05, 4.69) is 4.90 Å². The monoisotopic (exact) mass is 461 g/mol. The highest BCUT2D eigenvalue weighted by molar-refractivity contribution is 8.23. The Morgan fingerprint density at radius 2 is 2.07 bits per heavy atom. The molecule has 1 saturated heterocycles. The van der Waals surface area contributed by atoms with Crippen LogP contribution in [0.3, 0.4) is 0 Å². The third-order valence-electron chi connectivity index (χ3n) is 5.06. The highest BCUT2D eigenvalue weighted by Gasteiger charge is 2.33. The van der Waals surface area contributed by atoms with E-state index in [1.807, 2.05) is 41.8 Å². The average Bonchev–Trinajstić information content (AvgIpc) is 3.48. The first-order chi connectivity index (χ1) is 14.7. The molecule has 1 atom stereocenters. The van der Waals surface area contributed by atoms with Gasteiger partial charge in [0.05, 0.1) is 42.7 Å². The molecule has 1 fully saturated rings. The predicted octanol–water partition coefficient (Wildman–Crippen LogP) is 3.78. The Balaban J connectivity index is 1.48. The van der Waals surface area contributed by atoms with E-state index in [9.17, 15) is 4.79 Å². The maximum atomic E-state index is 13.1. The van der Waals surface area contributed by atoms with Gasteiger partial charge in [0.15, 0.2) is 0 Å². The van der Waals surface area contributed by atoms with Crippen molar-refractivity contribution in [1.82, 2.24) is 9.91 Å². The molecule has 4 rings (SSSR count). The van der Waals surface area contributed by atoms with E-state index in [1.165, 1.54) is 11.8 Å². The van der Waals surface area contributed by atoms with Crippen molar-refractivity contribution in [2.75, 3.05) is 39.2 Å². The third kappa shape index (κ3) is 4.85. The summed E-state index contributed by atoms with van der Waals surface area (Å²) in [5.74, 6) is 1.02. The van der Waals surface area contributed by atoms with Crippen LogP contribution in [0.2, 0.25) is 0 Å². The second-order valence-electron chi connectivity index (χ2n) is 6.91. The number of rotatable bonds is 5. The van der Waals surface area contributed by atoms with Crippen LogP contribution < -0.4 is 4.74 Å². The van der Waals surface area contributed by atoms with Crippen molar-refractivity contribution in [3.63, 3.8) is 0 Å². The number of methoxy groups -OCH3 is 1. The molecule has 2 aliphatic heterocycles. The van der Waals surface area contributed by atoms with Crippen molar-refractivity contribution in [2.24, 2.45) is 5.10 Å². The van der Waals surface area contributed by atoms with Crippen molar-refractivity contribution < 1.29 is 14.3 Å². The minimum absolute atomic E-state index is 0.0389. The maximum absolute atomic E-state index is 13.1. The topological polar surface area (TPSA) is 54.4 Å². The number of morpholine rings is 1. The molecule has 0 saturated carbocycles. The Kier molecular flexibility index (Phi) is 7.04. The molecule has 0 spiro atoms. The largest absolute Gasteiger partial charge is 0.497 e. The van der Waals surface area contributed by atoms with Crippen molar-refractivity contribution >= 4 is 51.3 Å². The quantitative estimate of drug-likeness (QED) is 0.632. The van der Waals surface area contributed by atoms with E-state index in [0.29, 0.717) is 19.6 Å². The first kappa shape index (κ1) is 21.3. The molecule has 158 valence electrons. The van der Waals surface area contributed by atoms with E-state index in [-0.39, 0.29) is 17.7 Å². The molecule has 0 unspecified atom stereocenters. The van der Waals surface area contributed by atoms with E-state index >= 15 is 0 Å². The molecular formula is C21H23N3O3S3. The van der Waals surface area contributed by atoms with Crippen LogP contribution in [0.25, 0.3) is 0 Å². The molecule has 1 amide bonds. The molecule has 0 radical (unpaired) electrons. The summed E-state index contributed by atoms with van der Waals surface area (Å²) in [7, 11) is 1.65. The van der Waals surface area contributed by atoms with Gasteiger partial charge in [0.1, 0.15) is 10.1 Å². The van der Waals surface area contributed by atoms with Crippen LogP contribution in [0.1, 0.15) is 22.9 Å². The molecule has 1 aromatic heterocycles. The molecule has 0 bridgehead atoms. The van der Waals surface area contributed by atoms with Gasteiger partial charge < -0.3 is 14.4 Å². The molecule has 1 aromatic carbocycles. The number of hydrazone groups is 1. The number of benzene rings is 1. The number of nitrogens with zero attached hydrogens (tertiary/aromatic N) is 3. The van der Waals surface area contributed by atoms with Gasteiger partial charge >= 0.3 is 0 Å². The highest BCUT2D eigenvalue weighted by Crippen LogP contribution is 2.35. The van der Waals surface area contributed by atoms with E-state index in [1.54, 1.807) is 23.5 Å². The fraction of sp³-hybridized carbons (Fsp3) is 0.381. The molecule has 9 heteroatoms. The van der Waals surface area contributed by atoms with Crippen molar-refractivity contribution in [3.8, 4) is 5.75 Å². The molecule has 30 heavy (non-hydrogen) atoms. The Labute approximate surface area is 189 Å². The van der Waals surface area contributed by atoms with Crippen LogP contribution in [0.15, 0.2) is 46.9 Å². The normalized spacial score (nSPS) is 19.0. The summed E-state index contributed by atoms with van der Waals surface area (Å²) < 4.78 is 11.4.